The lowest BCUT2D eigenvalue weighted by atomic mass is 10.3. The monoisotopic (exact) mass is 234 g/mol. The molecule has 1 aromatic heterocycles. The average Bonchev–Trinajstić information content (AvgIpc) is 2.28. The summed E-state index contributed by atoms with van der Waals surface area (Å²) < 4.78 is 4.97. The van der Waals surface area contributed by atoms with Gasteiger partial charge in [-0.3, -0.25) is 4.79 Å². The van der Waals surface area contributed by atoms with E-state index in [0.29, 0.717) is 10.7 Å². The quantitative estimate of drug-likeness (QED) is 0.744. The summed E-state index contributed by atoms with van der Waals surface area (Å²) >= 11 is 5.72. The highest BCUT2D eigenvalue weighted by molar-refractivity contribution is 6.30. The maximum Gasteiger partial charge on any atom is 0.242 e. The molecular formula is C11H7ClN2O2. The summed E-state index contributed by atoms with van der Waals surface area (Å²) in [4.78, 5) is 11.0. The Morgan fingerprint density at radius 3 is 2.50 bits per heavy atom. The first-order chi connectivity index (χ1) is 7.74. The normalized spacial score (nSPS) is 10.8. The van der Waals surface area contributed by atoms with Crippen molar-refractivity contribution in [2.75, 3.05) is 0 Å². The number of nitrogens with zero attached hydrogens (tertiary/aromatic N) is 2. The van der Waals surface area contributed by atoms with E-state index in [4.69, 9.17) is 16.0 Å². The lowest BCUT2D eigenvalue weighted by molar-refractivity contribution is 0.554. The summed E-state index contributed by atoms with van der Waals surface area (Å²) in [5, 5.41) is 8.30. The third-order valence-electron chi connectivity index (χ3n) is 1.78. The standard InChI is InChI=1S/C11H7ClN2O2/c12-8-1-3-9(4-2-8)13-14-11-7-10(15)5-6-16-11/h1-7H. The molecule has 0 spiro atoms. The maximum absolute atomic E-state index is 11.0. The van der Waals surface area contributed by atoms with E-state index in [2.05, 4.69) is 10.2 Å². The molecule has 1 heterocycles. The molecule has 2 rings (SSSR count). The van der Waals surface area contributed by atoms with Crippen LogP contribution in [0, 0.1) is 0 Å². The molecule has 0 amide bonds. The first-order valence-corrected chi connectivity index (χ1v) is 4.88. The van der Waals surface area contributed by atoms with Gasteiger partial charge in [-0.2, -0.15) is 0 Å². The minimum atomic E-state index is -0.170. The average molecular weight is 235 g/mol. The van der Waals surface area contributed by atoms with Crippen LogP contribution in [0.4, 0.5) is 11.6 Å². The Balaban J connectivity index is 2.21. The van der Waals surface area contributed by atoms with E-state index in [1.54, 1.807) is 24.3 Å². The van der Waals surface area contributed by atoms with Crippen LogP contribution >= 0.6 is 11.6 Å². The molecule has 0 aliphatic heterocycles. The molecule has 0 unspecified atom stereocenters. The van der Waals surface area contributed by atoms with E-state index < -0.39 is 0 Å². The second kappa shape index (κ2) is 4.72. The second-order valence-corrected chi connectivity index (χ2v) is 3.42. The zero-order valence-electron chi connectivity index (χ0n) is 8.13. The van der Waals surface area contributed by atoms with Crippen molar-refractivity contribution in [3.05, 3.63) is 57.9 Å². The van der Waals surface area contributed by atoms with Crippen molar-refractivity contribution >= 4 is 23.2 Å². The molecule has 0 N–H and O–H groups in total. The van der Waals surface area contributed by atoms with Gasteiger partial charge in [-0.25, -0.2) is 0 Å². The van der Waals surface area contributed by atoms with Crippen LogP contribution in [0.2, 0.25) is 5.02 Å². The molecule has 80 valence electrons. The second-order valence-electron chi connectivity index (χ2n) is 2.98. The van der Waals surface area contributed by atoms with Crippen molar-refractivity contribution in [1.29, 1.82) is 0 Å². The minimum absolute atomic E-state index is 0.169. The summed E-state index contributed by atoms with van der Waals surface area (Å²) in [6, 6.07) is 9.41. The van der Waals surface area contributed by atoms with Crippen LogP contribution in [0.25, 0.3) is 0 Å². The van der Waals surface area contributed by atoms with Crippen LogP contribution in [0.5, 0.6) is 0 Å². The first-order valence-electron chi connectivity index (χ1n) is 4.50. The molecule has 0 fully saturated rings. The highest BCUT2D eigenvalue weighted by Gasteiger charge is 1.93. The van der Waals surface area contributed by atoms with Crippen molar-refractivity contribution in [1.82, 2.24) is 0 Å². The molecule has 0 saturated heterocycles. The topological polar surface area (TPSA) is 54.9 Å². The number of azo groups is 1. The zero-order valence-corrected chi connectivity index (χ0v) is 8.89. The smallest absolute Gasteiger partial charge is 0.242 e. The van der Waals surface area contributed by atoms with Crippen molar-refractivity contribution in [2.24, 2.45) is 10.2 Å². The molecule has 0 bridgehead atoms. The fraction of sp³-hybridized carbons (Fsp3) is 0. The lowest BCUT2D eigenvalue weighted by Gasteiger charge is -1.92. The van der Waals surface area contributed by atoms with Gasteiger partial charge in [-0.15, -0.1) is 10.2 Å². The summed E-state index contributed by atoms with van der Waals surface area (Å²) in [7, 11) is 0. The lowest BCUT2D eigenvalue weighted by Crippen LogP contribution is -1.91. The van der Waals surface area contributed by atoms with Gasteiger partial charge in [-0.05, 0) is 24.3 Å². The van der Waals surface area contributed by atoms with Gasteiger partial charge < -0.3 is 4.42 Å². The fourth-order valence-corrected chi connectivity index (χ4v) is 1.17. The molecule has 0 saturated carbocycles. The third-order valence-corrected chi connectivity index (χ3v) is 2.03. The summed E-state index contributed by atoms with van der Waals surface area (Å²) in [5.41, 5.74) is 0.465. The van der Waals surface area contributed by atoms with Crippen LogP contribution in [0.3, 0.4) is 0 Å². The van der Waals surface area contributed by atoms with Crippen LogP contribution < -0.4 is 5.43 Å². The van der Waals surface area contributed by atoms with Gasteiger partial charge in [0.25, 0.3) is 0 Å². The molecule has 1 aromatic carbocycles. The van der Waals surface area contributed by atoms with Crippen molar-refractivity contribution in [3.63, 3.8) is 0 Å². The van der Waals surface area contributed by atoms with Crippen LogP contribution in [0.1, 0.15) is 0 Å². The van der Waals surface area contributed by atoms with Crippen molar-refractivity contribution in [2.45, 2.75) is 0 Å². The van der Waals surface area contributed by atoms with E-state index in [1.807, 2.05) is 0 Å². The molecule has 0 aliphatic carbocycles. The number of rotatable bonds is 2. The Hall–Kier alpha value is -1.94. The Kier molecular flexibility index (Phi) is 3.12. The van der Waals surface area contributed by atoms with E-state index in [1.165, 1.54) is 18.4 Å². The van der Waals surface area contributed by atoms with Gasteiger partial charge >= 0.3 is 0 Å². The van der Waals surface area contributed by atoms with Gasteiger partial charge in [0.2, 0.25) is 5.88 Å². The SMILES string of the molecule is O=c1ccoc(N=Nc2ccc(Cl)cc2)c1. The van der Waals surface area contributed by atoms with Gasteiger partial charge in [0.1, 0.15) is 0 Å². The molecule has 0 radical (unpaired) electrons. The van der Waals surface area contributed by atoms with Gasteiger partial charge in [-0.1, -0.05) is 11.6 Å². The van der Waals surface area contributed by atoms with E-state index in [-0.39, 0.29) is 11.3 Å². The number of benzene rings is 1. The number of hydrogen-bond donors (Lipinski definition) is 0. The Morgan fingerprint density at radius 2 is 1.81 bits per heavy atom. The first kappa shape index (κ1) is 10.6. The van der Waals surface area contributed by atoms with Crippen LogP contribution in [-0.2, 0) is 0 Å². The summed E-state index contributed by atoms with van der Waals surface area (Å²) in [5.74, 6) is 0.169. The van der Waals surface area contributed by atoms with Gasteiger partial charge in [0.05, 0.1) is 12.0 Å². The Bertz CT molecular complexity index is 561. The number of hydrogen-bond acceptors (Lipinski definition) is 4. The van der Waals surface area contributed by atoms with Gasteiger partial charge in [0, 0.05) is 17.2 Å². The predicted molar refractivity (Wildman–Crippen MR) is 60.6 cm³/mol. The minimum Gasteiger partial charge on any atom is -0.445 e. The fourth-order valence-electron chi connectivity index (χ4n) is 1.04. The Morgan fingerprint density at radius 1 is 1.06 bits per heavy atom. The highest BCUT2D eigenvalue weighted by Crippen LogP contribution is 2.19. The Labute approximate surface area is 96.2 Å². The van der Waals surface area contributed by atoms with Crippen LogP contribution in [-0.4, -0.2) is 0 Å². The molecule has 0 atom stereocenters. The number of halogens is 1. The summed E-state index contributed by atoms with van der Waals surface area (Å²) in [6.07, 6.45) is 1.28. The van der Waals surface area contributed by atoms with Crippen LogP contribution in [0.15, 0.2) is 62.1 Å². The molecule has 2 aromatic rings. The molecule has 0 aliphatic rings. The van der Waals surface area contributed by atoms with E-state index in [9.17, 15) is 4.79 Å². The molecule has 5 heteroatoms. The van der Waals surface area contributed by atoms with Crippen molar-refractivity contribution in [3.8, 4) is 0 Å². The molecule has 16 heavy (non-hydrogen) atoms. The van der Waals surface area contributed by atoms with Crippen molar-refractivity contribution < 1.29 is 4.42 Å². The van der Waals surface area contributed by atoms with E-state index >= 15 is 0 Å². The van der Waals surface area contributed by atoms with E-state index in [0.717, 1.165) is 0 Å². The summed E-state index contributed by atoms with van der Waals surface area (Å²) in [6.45, 7) is 0. The molecule has 4 nitrogen and oxygen atoms in total. The molecular weight excluding hydrogens is 228 g/mol. The third kappa shape index (κ3) is 2.77. The van der Waals surface area contributed by atoms with Gasteiger partial charge in [0.15, 0.2) is 5.43 Å². The zero-order chi connectivity index (χ0) is 11.4. The largest absolute Gasteiger partial charge is 0.445 e. The predicted octanol–water partition coefficient (Wildman–Crippen LogP) is 3.71. The maximum atomic E-state index is 11.0. The highest BCUT2D eigenvalue weighted by atomic mass is 35.5.